The van der Waals surface area contributed by atoms with Crippen molar-refractivity contribution in [2.24, 2.45) is 0 Å². The fourth-order valence-corrected chi connectivity index (χ4v) is 5.31. The molecule has 0 saturated carbocycles. The zero-order chi connectivity index (χ0) is 24.5. The molecule has 2 heterocycles. The van der Waals surface area contributed by atoms with Crippen LogP contribution in [0.2, 0.25) is 0 Å². The second-order valence-electron chi connectivity index (χ2n) is 10.1. The predicted octanol–water partition coefficient (Wildman–Crippen LogP) is 6.91. The Morgan fingerprint density at radius 2 is 1.71 bits per heavy atom. The van der Waals surface area contributed by atoms with Gasteiger partial charge in [-0.1, -0.05) is 75.4 Å². The summed E-state index contributed by atoms with van der Waals surface area (Å²) >= 11 is 0. The molecule has 188 valence electrons. The summed E-state index contributed by atoms with van der Waals surface area (Å²) in [4.78, 5) is 13.9. The van der Waals surface area contributed by atoms with Crippen LogP contribution < -0.4 is 10.6 Å². The minimum atomic E-state index is -0.423. The Kier molecular flexibility index (Phi) is 8.00. The van der Waals surface area contributed by atoms with Crippen LogP contribution in [0.4, 0.5) is 5.82 Å². The Labute approximate surface area is 216 Å². The fraction of sp³-hybridized carbons (Fsp3) is 0.448. The molecule has 5 nitrogen and oxygen atoms in total. The van der Waals surface area contributed by atoms with Gasteiger partial charge >= 0.3 is 0 Å². The van der Waals surface area contributed by atoms with Gasteiger partial charge in [-0.15, -0.1) is 12.4 Å². The van der Waals surface area contributed by atoms with Gasteiger partial charge in [0, 0.05) is 0 Å². The molecule has 35 heavy (non-hydrogen) atoms. The van der Waals surface area contributed by atoms with E-state index in [0.717, 1.165) is 42.8 Å². The van der Waals surface area contributed by atoms with Gasteiger partial charge in [-0.25, -0.2) is 4.68 Å². The summed E-state index contributed by atoms with van der Waals surface area (Å²) in [5.74, 6) is 0.738. The number of fused-ring (bicyclic) bond motifs is 1. The number of rotatable bonds is 7. The molecular weight excluding hydrogens is 456 g/mol. The number of benzene rings is 2. The van der Waals surface area contributed by atoms with E-state index in [0.29, 0.717) is 5.56 Å². The Morgan fingerprint density at radius 3 is 2.29 bits per heavy atom. The van der Waals surface area contributed by atoms with Crippen molar-refractivity contribution >= 4 is 24.1 Å². The molecule has 0 spiro atoms. The molecular formula is C29H39ClN4O. The van der Waals surface area contributed by atoms with Gasteiger partial charge in [0.1, 0.15) is 11.4 Å². The van der Waals surface area contributed by atoms with Crippen LogP contribution in [-0.4, -0.2) is 15.7 Å². The van der Waals surface area contributed by atoms with E-state index in [1.165, 1.54) is 11.1 Å². The van der Waals surface area contributed by atoms with Gasteiger partial charge < -0.3 is 10.6 Å². The molecule has 0 fully saturated rings. The van der Waals surface area contributed by atoms with Gasteiger partial charge in [-0.05, 0) is 63.1 Å². The van der Waals surface area contributed by atoms with E-state index >= 15 is 0 Å². The summed E-state index contributed by atoms with van der Waals surface area (Å²) in [7, 11) is 0. The van der Waals surface area contributed by atoms with Crippen LogP contribution in [0.3, 0.4) is 0 Å². The third-order valence-electron chi connectivity index (χ3n) is 7.55. The SMILES string of the molecule is CCc1ccc(C(CC)(CC)NC(=O)c2c(C)nn3c2N[C@@H](c2ccccc2)CC3(C)C)cc1.Cl. The van der Waals surface area contributed by atoms with Crippen molar-refractivity contribution < 1.29 is 4.79 Å². The summed E-state index contributed by atoms with van der Waals surface area (Å²) < 4.78 is 2.01. The maximum absolute atomic E-state index is 13.9. The van der Waals surface area contributed by atoms with Crippen molar-refractivity contribution in [1.82, 2.24) is 15.1 Å². The molecule has 0 unspecified atom stereocenters. The molecule has 2 aromatic carbocycles. The fourth-order valence-electron chi connectivity index (χ4n) is 5.31. The molecule has 0 bridgehead atoms. The summed E-state index contributed by atoms with van der Waals surface area (Å²) in [6.45, 7) is 12.8. The molecule has 2 N–H and O–H groups in total. The molecule has 1 amide bonds. The van der Waals surface area contributed by atoms with Crippen molar-refractivity contribution in [3.63, 3.8) is 0 Å². The molecule has 1 aromatic heterocycles. The molecule has 3 aromatic rings. The number of nitrogens with zero attached hydrogens (tertiary/aromatic N) is 2. The first-order valence-electron chi connectivity index (χ1n) is 12.6. The summed E-state index contributed by atoms with van der Waals surface area (Å²) in [5, 5.41) is 11.9. The van der Waals surface area contributed by atoms with Crippen LogP contribution in [0, 0.1) is 6.92 Å². The van der Waals surface area contributed by atoms with Gasteiger partial charge in [0.2, 0.25) is 0 Å². The lowest BCUT2D eigenvalue weighted by molar-refractivity contribution is 0.0889. The first kappa shape index (κ1) is 26.8. The maximum Gasteiger partial charge on any atom is 0.257 e. The highest BCUT2D eigenvalue weighted by Crippen LogP contribution is 2.41. The molecule has 0 saturated heterocycles. The number of aryl methyl sites for hydroxylation is 2. The Bertz CT molecular complexity index is 1150. The summed E-state index contributed by atoms with van der Waals surface area (Å²) in [5.41, 5.74) is 4.43. The third kappa shape index (κ3) is 4.97. The third-order valence-corrected chi connectivity index (χ3v) is 7.55. The molecule has 1 atom stereocenters. The standard InChI is InChI=1S/C29H38N4O.ClH/c1-7-21-15-17-23(18-16-21)29(8-2,9-3)31-27(34)25-20(4)32-33-26(25)30-24(19-28(33,5)6)22-13-11-10-12-14-22;/h10-18,24,30H,7-9,19H2,1-6H3,(H,31,34);1H/t24-;/m1./s1. The van der Waals surface area contributed by atoms with E-state index in [4.69, 9.17) is 5.10 Å². The zero-order valence-electron chi connectivity index (χ0n) is 21.8. The highest BCUT2D eigenvalue weighted by molar-refractivity contribution is 6.00. The molecule has 1 aliphatic rings. The van der Waals surface area contributed by atoms with Gasteiger partial charge in [-0.3, -0.25) is 4.79 Å². The zero-order valence-corrected chi connectivity index (χ0v) is 22.6. The molecule has 6 heteroatoms. The van der Waals surface area contributed by atoms with E-state index in [1.54, 1.807) is 0 Å². The molecule has 0 radical (unpaired) electrons. The minimum absolute atomic E-state index is 0. The number of carbonyl (C=O) groups excluding carboxylic acids is 1. The van der Waals surface area contributed by atoms with E-state index in [9.17, 15) is 4.79 Å². The van der Waals surface area contributed by atoms with Gasteiger partial charge in [-0.2, -0.15) is 5.10 Å². The normalized spacial score (nSPS) is 16.6. The quantitative estimate of drug-likeness (QED) is 0.375. The lowest BCUT2D eigenvalue weighted by Gasteiger charge is -2.38. The van der Waals surface area contributed by atoms with E-state index < -0.39 is 5.54 Å². The lowest BCUT2D eigenvalue weighted by Crippen LogP contribution is -2.45. The lowest BCUT2D eigenvalue weighted by atomic mass is 9.83. The summed E-state index contributed by atoms with van der Waals surface area (Å²) in [6, 6.07) is 19.2. The predicted molar refractivity (Wildman–Crippen MR) is 147 cm³/mol. The number of halogens is 1. The first-order chi connectivity index (χ1) is 16.2. The van der Waals surface area contributed by atoms with Gasteiger partial charge in [0.05, 0.1) is 22.8 Å². The largest absolute Gasteiger partial charge is 0.363 e. The van der Waals surface area contributed by atoms with Gasteiger partial charge in [0.15, 0.2) is 0 Å². The monoisotopic (exact) mass is 494 g/mol. The Hall–Kier alpha value is -2.79. The number of anilines is 1. The average Bonchev–Trinajstić information content (AvgIpc) is 3.20. The second-order valence-corrected chi connectivity index (χ2v) is 10.1. The molecule has 0 aliphatic carbocycles. The van der Waals surface area contributed by atoms with Crippen LogP contribution in [0.25, 0.3) is 0 Å². The van der Waals surface area contributed by atoms with Crippen LogP contribution >= 0.6 is 12.4 Å². The molecule has 4 rings (SSSR count). The second kappa shape index (κ2) is 10.4. The van der Waals surface area contributed by atoms with Crippen molar-refractivity contribution in [3.05, 3.63) is 82.5 Å². The Morgan fingerprint density at radius 1 is 1.09 bits per heavy atom. The van der Waals surface area contributed by atoms with Crippen molar-refractivity contribution in [1.29, 1.82) is 0 Å². The van der Waals surface area contributed by atoms with Crippen molar-refractivity contribution in [2.75, 3.05) is 5.32 Å². The topological polar surface area (TPSA) is 59.0 Å². The minimum Gasteiger partial charge on any atom is -0.363 e. The van der Waals surface area contributed by atoms with Crippen molar-refractivity contribution in [3.8, 4) is 0 Å². The smallest absolute Gasteiger partial charge is 0.257 e. The number of carbonyl (C=O) groups is 1. The first-order valence-corrected chi connectivity index (χ1v) is 12.6. The molecule has 1 aliphatic heterocycles. The number of hydrogen-bond donors (Lipinski definition) is 2. The number of aromatic nitrogens is 2. The number of hydrogen-bond acceptors (Lipinski definition) is 3. The van der Waals surface area contributed by atoms with Crippen molar-refractivity contribution in [2.45, 2.75) is 84.3 Å². The average molecular weight is 495 g/mol. The van der Waals surface area contributed by atoms with E-state index in [2.05, 4.69) is 93.8 Å². The van der Waals surface area contributed by atoms with E-state index in [-0.39, 0.29) is 29.9 Å². The van der Waals surface area contributed by atoms with Crippen LogP contribution in [-0.2, 0) is 17.5 Å². The highest BCUT2D eigenvalue weighted by Gasteiger charge is 2.39. The van der Waals surface area contributed by atoms with Gasteiger partial charge in [0.25, 0.3) is 5.91 Å². The van der Waals surface area contributed by atoms with E-state index in [1.807, 2.05) is 17.7 Å². The van der Waals surface area contributed by atoms with Crippen LogP contribution in [0.5, 0.6) is 0 Å². The summed E-state index contributed by atoms with van der Waals surface area (Å²) in [6.07, 6.45) is 3.52. The number of amides is 1. The Balaban J connectivity index is 0.00000342. The van der Waals surface area contributed by atoms with Crippen LogP contribution in [0.1, 0.15) is 92.7 Å². The van der Waals surface area contributed by atoms with Crippen LogP contribution in [0.15, 0.2) is 54.6 Å². The maximum atomic E-state index is 13.9. The highest BCUT2D eigenvalue weighted by atomic mass is 35.5. The number of nitrogens with one attached hydrogen (secondary N) is 2.